The van der Waals surface area contributed by atoms with Gasteiger partial charge in [-0.3, -0.25) is 4.79 Å². The average molecular weight is 215 g/mol. The van der Waals surface area contributed by atoms with Crippen LogP contribution in [0.25, 0.3) is 0 Å². The third-order valence-electron chi connectivity index (χ3n) is 3.06. The smallest absolute Gasteiger partial charge is 0.326 e. The molecule has 0 aromatic carbocycles. The molecule has 2 atom stereocenters. The molecule has 0 aliphatic carbocycles. The lowest BCUT2D eigenvalue weighted by molar-refractivity contribution is -0.150. The fourth-order valence-electron chi connectivity index (χ4n) is 2.42. The van der Waals surface area contributed by atoms with E-state index in [1.165, 1.54) is 12.8 Å². The van der Waals surface area contributed by atoms with Gasteiger partial charge in [-0.15, -0.1) is 0 Å². The van der Waals surface area contributed by atoms with Crippen LogP contribution in [0.4, 0.5) is 0 Å². The minimum Gasteiger partial charge on any atom is -0.465 e. The van der Waals surface area contributed by atoms with Gasteiger partial charge in [-0.1, -0.05) is 0 Å². The van der Waals surface area contributed by atoms with Crippen molar-refractivity contribution in [2.45, 2.75) is 48.6 Å². The Morgan fingerprint density at radius 2 is 2.07 bits per heavy atom. The van der Waals surface area contributed by atoms with Crippen LogP contribution in [0, 0.1) is 0 Å². The Labute approximate surface area is 88.8 Å². The highest BCUT2D eigenvalue weighted by Crippen LogP contribution is 2.46. The van der Waals surface area contributed by atoms with E-state index in [4.69, 9.17) is 10.5 Å². The molecule has 0 spiro atoms. The maximum Gasteiger partial charge on any atom is 0.326 e. The normalized spacial score (nSPS) is 41.0. The molecule has 14 heavy (non-hydrogen) atoms. The third kappa shape index (κ3) is 1.77. The van der Waals surface area contributed by atoms with Gasteiger partial charge in [-0.25, -0.2) is 0 Å². The Hall–Kier alpha value is -0.220. The summed E-state index contributed by atoms with van der Waals surface area (Å²) in [4.78, 5) is 11.7. The first kappa shape index (κ1) is 10.3. The van der Waals surface area contributed by atoms with Crippen molar-refractivity contribution in [3.05, 3.63) is 0 Å². The van der Waals surface area contributed by atoms with Gasteiger partial charge in [-0.2, -0.15) is 11.8 Å². The van der Waals surface area contributed by atoms with Crippen molar-refractivity contribution in [1.82, 2.24) is 0 Å². The Bertz CT molecular complexity index is 232. The van der Waals surface area contributed by atoms with Crippen molar-refractivity contribution in [2.75, 3.05) is 6.61 Å². The highest BCUT2D eigenvalue weighted by Gasteiger charge is 2.47. The van der Waals surface area contributed by atoms with Crippen LogP contribution in [-0.2, 0) is 9.53 Å². The summed E-state index contributed by atoms with van der Waals surface area (Å²) in [6.45, 7) is 2.26. The van der Waals surface area contributed by atoms with Crippen molar-refractivity contribution in [3.8, 4) is 0 Å². The number of carbonyl (C=O) groups is 1. The third-order valence-corrected chi connectivity index (χ3v) is 4.64. The first-order valence-corrected chi connectivity index (χ1v) is 6.20. The summed E-state index contributed by atoms with van der Waals surface area (Å²) in [6, 6.07) is 0. The summed E-state index contributed by atoms with van der Waals surface area (Å²) in [7, 11) is 0. The topological polar surface area (TPSA) is 52.3 Å². The van der Waals surface area contributed by atoms with E-state index in [1.807, 2.05) is 18.7 Å². The van der Waals surface area contributed by atoms with Crippen LogP contribution >= 0.6 is 11.8 Å². The minimum atomic E-state index is -0.687. The standard InChI is InChI=1S/C10H17NO2S/c1-2-13-9(12)10(11)5-7-3-4-8(6-10)14-7/h7-8H,2-6,11H2,1H3. The zero-order chi connectivity index (χ0) is 10.2. The van der Waals surface area contributed by atoms with Gasteiger partial charge in [-0.05, 0) is 32.6 Å². The SMILES string of the molecule is CCOC(=O)C1(N)CC2CCC(C1)S2. The fourth-order valence-corrected chi connectivity index (χ4v) is 4.29. The maximum absolute atomic E-state index is 11.7. The molecule has 2 saturated heterocycles. The van der Waals surface area contributed by atoms with E-state index in [-0.39, 0.29) is 5.97 Å². The number of thioether (sulfide) groups is 1. The molecule has 3 nitrogen and oxygen atoms in total. The van der Waals surface area contributed by atoms with E-state index in [1.54, 1.807) is 0 Å². The molecule has 0 saturated carbocycles. The highest BCUT2D eigenvalue weighted by atomic mass is 32.2. The summed E-state index contributed by atoms with van der Waals surface area (Å²) in [5, 5.41) is 1.17. The lowest BCUT2D eigenvalue weighted by Gasteiger charge is -2.34. The fraction of sp³-hybridized carbons (Fsp3) is 0.900. The van der Waals surface area contributed by atoms with Crippen molar-refractivity contribution in [2.24, 2.45) is 5.73 Å². The summed E-state index contributed by atoms with van der Waals surface area (Å²) in [6.07, 6.45) is 4.03. The minimum absolute atomic E-state index is 0.197. The second-order valence-electron chi connectivity index (χ2n) is 4.24. The van der Waals surface area contributed by atoms with E-state index < -0.39 is 5.54 Å². The summed E-state index contributed by atoms with van der Waals surface area (Å²) >= 11 is 2.00. The second-order valence-corrected chi connectivity index (χ2v) is 5.85. The lowest BCUT2D eigenvalue weighted by atomic mass is 9.91. The number of hydrogen-bond acceptors (Lipinski definition) is 4. The molecule has 0 amide bonds. The van der Waals surface area contributed by atoms with Gasteiger partial charge >= 0.3 is 5.97 Å². The molecule has 2 unspecified atom stereocenters. The van der Waals surface area contributed by atoms with Gasteiger partial charge < -0.3 is 10.5 Å². The number of esters is 1. The average Bonchev–Trinajstić information content (AvgIpc) is 2.46. The van der Waals surface area contributed by atoms with E-state index in [0.717, 1.165) is 12.8 Å². The van der Waals surface area contributed by atoms with Gasteiger partial charge in [0, 0.05) is 10.5 Å². The van der Waals surface area contributed by atoms with Gasteiger partial charge in [0.05, 0.1) is 6.61 Å². The van der Waals surface area contributed by atoms with Crippen LogP contribution in [0.2, 0.25) is 0 Å². The van der Waals surface area contributed by atoms with Crippen LogP contribution in [-0.4, -0.2) is 28.6 Å². The van der Waals surface area contributed by atoms with E-state index in [9.17, 15) is 4.79 Å². The monoisotopic (exact) mass is 215 g/mol. The second kappa shape index (κ2) is 3.74. The highest BCUT2D eigenvalue weighted by molar-refractivity contribution is 8.00. The van der Waals surface area contributed by atoms with Crippen molar-refractivity contribution in [1.29, 1.82) is 0 Å². The maximum atomic E-state index is 11.7. The number of nitrogens with two attached hydrogens (primary N) is 1. The first-order valence-electron chi connectivity index (χ1n) is 5.25. The Morgan fingerprint density at radius 3 is 2.57 bits per heavy atom. The number of carbonyl (C=O) groups excluding carboxylic acids is 1. The Morgan fingerprint density at radius 1 is 1.50 bits per heavy atom. The van der Waals surface area contributed by atoms with Crippen molar-refractivity contribution < 1.29 is 9.53 Å². The predicted octanol–water partition coefficient (Wildman–Crippen LogP) is 1.30. The van der Waals surface area contributed by atoms with Gasteiger partial charge in [0.1, 0.15) is 5.54 Å². The first-order chi connectivity index (χ1) is 6.64. The van der Waals surface area contributed by atoms with E-state index in [0.29, 0.717) is 17.1 Å². The summed E-state index contributed by atoms with van der Waals surface area (Å²) < 4.78 is 5.04. The molecule has 2 aliphatic heterocycles. The van der Waals surface area contributed by atoms with E-state index >= 15 is 0 Å². The lowest BCUT2D eigenvalue weighted by Crippen LogP contribution is -2.53. The summed E-state index contributed by atoms with van der Waals surface area (Å²) in [5.74, 6) is -0.197. The number of hydrogen-bond donors (Lipinski definition) is 1. The number of ether oxygens (including phenoxy) is 1. The van der Waals surface area contributed by atoms with Crippen LogP contribution in [0.3, 0.4) is 0 Å². The molecule has 2 N–H and O–H groups in total. The van der Waals surface area contributed by atoms with Crippen LogP contribution < -0.4 is 5.73 Å². The summed E-state index contributed by atoms with van der Waals surface area (Å²) in [5.41, 5.74) is 5.43. The molecule has 0 radical (unpaired) electrons. The van der Waals surface area contributed by atoms with Gasteiger partial charge in [0.2, 0.25) is 0 Å². The van der Waals surface area contributed by atoms with Crippen LogP contribution in [0.1, 0.15) is 32.6 Å². The molecule has 2 fully saturated rings. The predicted molar refractivity (Wildman–Crippen MR) is 57.2 cm³/mol. The molecule has 2 heterocycles. The Balaban J connectivity index is 2.05. The molecule has 0 aromatic rings. The van der Waals surface area contributed by atoms with Crippen molar-refractivity contribution >= 4 is 17.7 Å². The van der Waals surface area contributed by atoms with Crippen LogP contribution in [0.15, 0.2) is 0 Å². The molecule has 2 rings (SSSR count). The Kier molecular flexibility index (Phi) is 2.75. The zero-order valence-electron chi connectivity index (χ0n) is 8.49. The van der Waals surface area contributed by atoms with Crippen LogP contribution in [0.5, 0.6) is 0 Å². The largest absolute Gasteiger partial charge is 0.465 e. The quantitative estimate of drug-likeness (QED) is 0.706. The molecular weight excluding hydrogens is 198 g/mol. The molecule has 80 valence electrons. The zero-order valence-corrected chi connectivity index (χ0v) is 9.31. The molecule has 2 aliphatic rings. The molecular formula is C10H17NO2S. The molecule has 0 aromatic heterocycles. The number of rotatable bonds is 2. The molecule has 4 heteroatoms. The number of fused-ring (bicyclic) bond motifs is 2. The van der Waals surface area contributed by atoms with Gasteiger partial charge in [0.15, 0.2) is 0 Å². The van der Waals surface area contributed by atoms with Crippen molar-refractivity contribution in [3.63, 3.8) is 0 Å². The van der Waals surface area contributed by atoms with E-state index in [2.05, 4.69) is 0 Å². The van der Waals surface area contributed by atoms with Gasteiger partial charge in [0.25, 0.3) is 0 Å². The molecule has 2 bridgehead atoms.